The number of benzene rings is 3. The molecule has 0 saturated heterocycles. The average Bonchev–Trinajstić information content (AvgIpc) is 2.47. The molecule has 1 aliphatic rings. The van der Waals surface area contributed by atoms with Crippen molar-refractivity contribution in [1.29, 1.82) is 0 Å². The van der Waals surface area contributed by atoms with E-state index in [2.05, 4.69) is 55.5 Å². The number of rotatable bonds is 0. The Hall–Kier alpha value is -1.82. The van der Waals surface area contributed by atoms with E-state index in [9.17, 15) is 0 Å². The maximum absolute atomic E-state index is 2.37. The summed E-state index contributed by atoms with van der Waals surface area (Å²) >= 11 is 0. The molecule has 0 aromatic heterocycles. The van der Waals surface area contributed by atoms with Crippen molar-refractivity contribution in [3.63, 3.8) is 0 Å². The highest BCUT2D eigenvalue weighted by Gasteiger charge is 2.18. The van der Waals surface area contributed by atoms with E-state index in [4.69, 9.17) is 0 Å². The van der Waals surface area contributed by atoms with Crippen LogP contribution in [-0.4, -0.2) is 0 Å². The van der Waals surface area contributed by atoms with Crippen molar-refractivity contribution in [3.8, 4) is 0 Å². The van der Waals surface area contributed by atoms with E-state index in [0.717, 1.165) is 5.92 Å². The van der Waals surface area contributed by atoms with Crippen molar-refractivity contribution >= 4 is 21.5 Å². The minimum absolute atomic E-state index is 0.722. The molecule has 0 heteroatoms. The molecule has 0 aliphatic heterocycles. The van der Waals surface area contributed by atoms with Crippen molar-refractivity contribution in [1.82, 2.24) is 0 Å². The molecule has 0 N–H and O–H groups in total. The maximum Gasteiger partial charge on any atom is -0.0102 e. The fraction of sp³-hybridized carbons (Fsp3) is 0.263. The van der Waals surface area contributed by atoms with E-state index < -0.39 is 0 Å². The molecule has 3 aromatic rings. The van der Waals surface area contributed by atoms with E-state index in [1.165, 1.54) is 40.8 Å². The van der Waals surface area contributed by atoms with Gasteiger partial charge >= 0.3 is 0 Å². The zero-order valence-corrected chi connectivity index (χ0v) is 11.3. The molecule has 0 bridgehead atoms. The summed E-state index contributed by atoms with van der Waals surface area (Å²) in [7, 11) is 0. The van der Waals surface area contributed by atoms with Crippen LogP contribution >= 0.6 is 0 Å². The first-order valence-corrected chi connectivity index (χ1v) is 7.28. The molecule has 0 nitrogen and oxygen atoms in total. The topological polar surface area (TPSA) is 0 Å². The van der Waals surface area contributed by atoms with Gasteiger partial charge in [-0.1, -0.05) is 55.5 Å². The van der Waals surface area contributed by atoms with Gasteiger partial charge in [0.25, 0.3) is 0 Å². The second-order valence-electron chi connectivity index (χ2n) is 5.81. The first-order chi connectivity index (χ1) is 9.34. The molecule has 0 radical (unpaired) electrons. The van der Waals surface area contributed by atoms with Crippen LogP contribution in [0.5, 0.6) is 0 Å². The van der Waals surface area contributed by atoms with Gasteiger partial charge in [0.15, 0.2) is 0 Å². The lowest BCUT2D eigenvalue weighted by molar-refractivity contribution is 0.593. The molecule has 4 rings (SSSR count). The standard InChI is InChI=1S/C19H18/c1-13-5-4-8-17-15(13)11-12-18-16-7-3-2-6-14(16)9-10-19(17)18/h2-3,6-7,9-13H,4-5,8H2,1H3/t13-/m1/s1. The summed E-state index contributed by atoms with van der Waals surface area (Å²) in [4.78, 5) is 0. The van der Waals surface area contributed by atoms with Crippen LogP contribution in [0.3, 0.4) is 0 Å². The fourth-order valence-electron chi connectivity index (χ4n) is 3.65. The van der Waals surface area contributed by atoms with Crippen LogP contribution in [0.15, 0.2) is 48.5 Å². The minimum Gasteiger partial charge on any atom is -0.0616 e. The molecular weight excluding hydrogens is 228 g/mol. The number of aryl methyl sites for hydroxylation is 1. The summed E-state index contributed by atoms with van der Waals surface area (Å²) in [5, 5.41) is 5.63. The predicted octanol–water partition coefficient (Wildman–Crippen LogP) is 5.43. The quantitative estimate of drug-likeness (QED) is 0.464. The Balaban J connectivity index is 2.13. The lowest BCUT2D eigenvalue weighted by Gasteiger charge is -2.24. The Morgan fingerprint density at radius 1 is 0.842 bits per heavy atom. The van der Waals surface area contributed by atoms with Gasteiger partial charge < -0.3 is 0 Å². The van der Waals surface area contributed by atoms with Crippen LogP contribution in [0.2, 0.25) is 0 Å². The third-order valence-electron chi connectivity index (χ3n) is 4.67. The summed E-state index contributed by atoms with van der Waals surface area (Å²) in [6.07, 6.45) is 3.92. The highest BCUT2D eigenvalue weighted by Crippen LogP contribution is 2.37. The van der Waals surface area contributed by atoms with Crippen molar-refractivity contribution in [2.45, 2.75) is 32.1 Å². The number of hydrogen-bond donors (Lipinski definition) is 0. The van der Waals surface area contributed by atoms with Crippen LogP contribution in [0.25, 0.3) is 21.5 Å². The summed E-state index contributed by atoms with van der Waals surface area (Å²) in [6.45, 7) is 2.37. The summed E-state index contributed by atoms with van der Waals surface area (Å²) < 4.78 is 0. The first kappa shape index (κ1) is 11.0. The molecule has 3 aromatic carbocycles. The monoisotopic (exact) mass is 246 g/mol. The normalized spacial score (nSPS) is 18.7. The summed E-state index contributed by atoms with van der Waals surface area (Å²) in [5.74, 6) is 0.722. The molecule has 0 spiro atoms. The SMILES string of the molecule is C[C@@H]1CCCc2c1ccc1c2ccc2ccccc21. The maximum atomic E-state index is 2.37. The lowest BCUT2D eigenvalue weighted by Crippen LogP contribution is -2.07. The van der Waals surface area contributed by atoms with E-state index in [0.29, 0.717) is 0 Å². The molecule has 1 aliphatic carbocycles. The Morgan fingerprint density at radius 3 is 2.63 bits per heavy atom. The summed E-state index contributed by atoms with van der Waals surface area (Å²) in [5.41, 5.74) is 3.18. The zero-order chi connectivity index (χ0) is 12.8. The van der Waals surface area contributed by atoms with Gasteiger partial charge in [-0.2, -0.15) is 0 Å². The predicted molar refractivity (Wildman–Crippen MR) is 82.8 cm³/mol. The van der Waals surface area contributed by atoms with Crippen LogP contribution in [0, 0.1) is 0 Å². The van der Waals surface area contributed by atoms with Gasteiger partial charge in [-0.3, -0.25) is 0 Å². The van der Waals surface area contributed by atoms with Crippen molar-refractivity contribution in [3.05, 3.63) is 59.7 Å². The second kappa shape index (κ2) is 4.09. The third kappa shape index (κ3) is 1.59. The van der Waals surface area contributed by atoms with E-state index in [1.807, 2.05) is 0 Å². The smallest absolute Gasteiger partial charge is 0.0102 e. The Kier molecular flexibility index (Phi) is 2.38. The molecule has 94 valence electrons. The largest absolute Gasteiger partial charge is 0.0616 e. The molecule has 1 atom stereocenters. The van der Waals surface area contributed by atoms with E-state index in [1.54, 1.807) is 11.1 Å². The van der Waals surface area contributed by atoms with E-state index >= 15 is 0 Å². The zero-order valence-electron chi connectivity index (χ0n) is 11.3. The molecule has 0 unspecified atom stereocenters. The molecule has 0 saturated carbocycles. The van der Waals surface area contributed by atoms with Crippen LogP contribution < -0.4 is 0 Å². The van der Waals surface area contributed by atoms with Crippen molar-refractivity contribution in [2.24, 2.45) is 0 Å². The van der Waals surface area contributed by atoms with Crippen LogP contribution in [0.4, 0.5) is 0 Å². The molecular formula is C19H18. The van der Waals surface area contributed by atoms with Gasteiger partial charge in [-0.15, -0.1) is 0 Å². The Bertz CT molecular complexity index is 767. The van der Waals surface area contributed by atoms with Gasteiger partial charge in [-0.25, -0.2) is 0 Å². The van der Waals surface area contributed by atoms with Gasteiger partial charge in [-0.05, 0) is 57.9 Å². The molecule has 0 fully saturated rings. The first-order valence-electron chi connectivity index (χ1n) is 7.28. The number of fused-ring (bicyclic) bond motifs is 5. The highest BCUT2D eigenvalue weighted by atomic mass is 14.2. The fourth-order valence-corrected chi connectivity index (χ4v) is 3.65. The van der Waals surface area contributed by atoms with Gasteiger partial charge in [0, 0.05) is 0 Å². The van der Waals surface area contributed by atoms with Crippen molar-refractivity contribution < 1.29 is 0 Å². The van der Waals surface area contributed by atoms with Crippen molar-refractivity contribution in [2.75, 3.05) is 0 Å². The minimum atomic E-state index is 0.722. The van der Waals surface area contributed by atoms with Crippen LogP contribution in [-0.2, 0) is 6.42 Å². The Morgan fingerprint density at radius 2 is 1.68 bits per heavy atom. The molecule has 0 amide bonds. The van der Waals surface area contributed by atoms with Gasteiger partial charge in [0.2, 0.25) is 0 Å². The molecule has 19 heavy (non-hydrogen) atoms. The second-order valence-corrected chi connectivity index (χ2v) is 5.81. The summed E-state index contributed by atoms with van der Waals surface area (Å²) in [6, 6.07) is 18.0. The molecule has 0 heterocycles. The van der Waals surface area contributed by atoms with Crippen LogP contribution in [0.1, 0.15) is 36.8 Å². The highest BCUT2D eigenvalue weighted by molar-refractivity contribution is 6.08. The van der Waals surface area contributed by atoms with Gasteiger partial charge in [0.1, 0.15) is 0 Å². The lowest BCUT2D eigenvalue weighted by atomic mass is 9.81. The van der Waals surface area contributed by atoms with Gasteiger partial charge in [0.05, 0.1) is 0 Å². The third-order valence-corrected chi connectivity index (χ3v) is 4.67. The number of hydrogen-bond acceptors (Lipinski definition) is 0. The average molecular weight is 246 g/mol. The Labute approximate surface area is 114 Å². The van der Waals surface area contributed by atoms with E-state index in [-0.39, 0.29) is 0 Å².